The molecule has 0 bridgehead atoms. The summed E-state index contributed by atoms with van der Waals surface area (Å²) < 4.78 is 0. The normalized spacial score (nSPS) is 16.1. The summed E-state index contributed by atoms with van der Waals surface area (Å²) in [5, 5.41) is 0. The fourth-order valence-electron chi connectivity index (χ4n) is 1.94. The van der Waals surface area contributed by atoms with Crippen molar-refractivity contribution < 1.29 is 0 Å². The molecule has 0 radical (unpaired) electrons. The van der Waals surface area contributed by atoms with E-state index in [-0.39, 0.29) is 0 Å². The van der Waals surface area contributed by atoms with Crippen LogP contribution in [-0.2, 0) is 0 Å². The minimum absolute atomic E-state index is 0.734. The van der Waals surface area contributed by atoms with Crippen molar-refractivity contribution in [2.45, 2.75) is 47.0 Å². The highest BCUT2D eigenvalue weighted by Gasteiger charge is 2.15. The van der Waals surface area contributed by atoms with Crippen molar-refractivity contribution in [3.63, 3.8) is 0 Å². The van der Waals surface area contributed by atoms with Crippen LogP contribution in [0.25, 0.3) is 0 Å². The third-order valence-corrected chi connectivity index (χ3v) is 2.68. The van der Waals surface area contributed by atoms with Crippen molar-refractivity contribution in [2.75, 3.05) is 0 Å². The smallest absolute Gasteiger partial charge is 0.0210 e. The quantitative estimate of drug-likeness (QED) is 0.519. The van der Waals surface area contributed by atoms with Gasteiger partial charge in [0.15, 0.2) is 0 Å². The first-order valence-corrected chi connectivity index (χ1v) is 5.28. The lowest BCUT2D eigenvalue weighted by Gasteiger charge is -2.23. The molecule has 0 amide bonds. The summed E-state index contributed by atoms with van der Waals surface area (Å²) in [6.07, 6.45) is 6.02. The first-order chi connectivity index (χ1) is 5.65. The van der Waals surface area contributed by atoms with Gasteiger partial charge in [0.05, 0.1) is 0 Å². The van der Waals surface area contributed by atoms with Gasteiger partial charge in [0.2, 0.25) is 0 Å². The molecule has 0 fully saturated rings. The van der Waals surface area contributed by atoms with Gasteiger partial charge in [-0.25, -0.2) is 0 Å². The lowest BCUT2D eigenvalue weighted by Crippen LogP contribution is -2.13. The van der Waals surface area contributed by atoms with Gasteiger partial charge in [-0.2, -0.15) is 0 Å². The molecule has 0 nitrogen and oxygen atoms in total. The summed E-state index contributed by atoms with van der Waals surface area (Å²) in [6.45, 7) is 13.1. The van der Waals surface area contributed by atoms with Gasteiger partial charge in [-0.1, -0.05) is 40.2 Å². The summed E-state index contributed by atoms with van der Waals surface area (Å²) in [6, 6.07) is 0. The van der Waals surface area contributed by atoms with Gasteiger partial charge in [-0.15, -0.1) is 6.58 Å². The highest BCUT2D eigenvalue weighted by molar-refractivity contribution is 4.83. The second-order valence-corrected chi connectivity index (χ2v) is 4.11. The zero-order valence-electron chi connectivity index (χ0n) is 9.14. The fraction of sp³-hybridized carbons (Fsp3) is 0.833. The maximum atomic E-state index is 3.91. The van der Waals surface area contributed by atoms with E-state index in [9.17, 15) is 0 Å². The zero-order valence-corrected chi connectivity index (χ0v) is 9.14. The van der Waals surface area contributed by atoms with Crippen molar-refractivity contribution in [1.29, 1.82) is 0 Å². The van der Waals surface area contributed by atoms with Crippen LogP contribution in [0.5, 0.6) is 0 Å². The van der Waals surface area contributed by atoms with Crippen LogP contribution in [0.15, 0.2) is 12.7 Å². The van der Waals surface area contributed by atoms with Crippen molar-refractivity contribution in [2.24, 2.45) is 17.8 Å². The van der Waals surface area contributed by atoms with Gasteiger partial charge in [0.25, 0.3) is 0 Å². The minimum atomic E-state index is 0.734. The van der Waals surface area contributed by atoms with Crippen LogP contribution in [0.3, 0.4) is 0 Å². The monoisotopic (exact) mass is 168 g/mol. The van der Waals surface area contributed by atoms with E-state index >= 15 is 0 Å². The van der Waals surface area contributed by atoms with E-state index < -0.39 is 0 Å². The van der Waals surface area contributed by atoms with Crippen molar-refractivity contribution in [3.8, 4) is 0 Å². The van der Waals surface area contributed by atoms with Gasteiger partial charge in [-0.05, 0) is 30.6 Å². The number of rotatable bonds is 6. The number of hydrogen-bond acceptors (Lipinski definition) is 0. The van der Waals surface area contributed by atoms with Gasteiger partial charge in [-0.3, -0.25) is 0 Å². The Bertz CT molecular complexity index is 113. The highest BCUT2D eigenvalue weighted by Crippen LogP contribution is 2.26. The standard InChI is InChI=1S/C12H24/c1-6-11(7-2)12(8-3)9-10(4)5/h6,10-12H,1,7-9H2,2-5H3. The topological polar surface area (TPSA) is 0 Å². The van der Waals surface area contributed by atoms with Gasteiger partial charge in [0, 0.05) is 0 Å². The van der Waals surface area contributed by atoms with Crippen LogP contribution in [0, 0.1) is 17.8 Å². The van der Waals surface area contributed by atoms with E-state index in [0.717, 1.165) is 17.8 Å². The van der Waals surface area contributed by atoms with Gasteiger partial charge >= 0.3 is 0 Å². The average Bonchev–Trinajstić information content (AvgIpc) is 2.04. The van der Waals surface area contributed by atoms with Crippen LogP contribution in [-0.4, -0.2) is 0 Å². The molecule has 0 aromatic carbocycles. The summed E-state index contributed by atoms with van der Waals surface area (Å²) >= 11 is 0. The molecule has 0 aromatic rings. The molecule has 0 rings (SSSR count). The SMILES string of the molecule is C=CC(CC)C(CC)CC(C)C. The summed E-state index contributed by atoms with van der Waals surface area (Å²) in [7, 11) is 0. The summed E-state index contributed by atoms with van der Waals surface area (Å²) in [4.78, 5) is 0. The van der Waals surface area contributed by atoms with E-state index in [0.29, 0.717) is 0 Å². The molecule has 0 spiro atoms. The largest absolute Gasteiger partial charge is 0.103 e. The third kappa shape index (κ3) is 3.94. The summed E-state index contributed by atoms with van der Waals surface area (Å²) in [5.41, 5.74) is 0. The van der Waals surface area contributed by atoms with E-state index in [1.54, 1.807) is 0 Å². The Hall–Kier alpha value is -0.260. The molecule has 0 aliphatic rings. The molecule has 0 heteroatoms. The van der Waals surface area contributed by atoms with E-state index in [4.69, 9.17) is 0 Å². The minimum Gasteiger partial charge on any atom is -0.103 e. The van der Waals surface area contributed by atoms with Crippen LogP contribution in [0.1, 0.15) is 47.0 Å². The van der Waals surface area contributed by atoms with E-state index in [1.165, 1.54) is 19.3 Å². The molecule has 2 atom stereocenters. The van der Waals surface area contributed by atoms with Gasteiger partial charge < -0.3 is 0 Å². The molecule has 0 aliphatic carbocycles. The Morgan fingerprint density at radius 3 is 2.00 bits per heavy atom. The Balaban J connectivity index is 4.01. The first kappa shape index (κ1) is 11.7. The Morgan fingerprint density at radius 1 is 1.17 bits per heavy atom. The molecule has 0 aliphatic heterocycles. The molecular weight excluding hydrogens is 144 g/mol. The maximum absolute atomic E-state index is 3.91. The predicted molar refractivity (Wildman–Crippen MR) is 57.2 cm³/mol. The number of hydrogen-bond donors (Lipinski definition) is 0. The van der Waals surface area contributed by atoms with Crippen molar-refractivity contribution in [1.82, 2.24) is 0 Å². The van der Waals surface area contributed by atoms with E-state index in [1.807, 2.05) is 0 Å². The molecular formula is C12H24. The zero-order chi connectivity index (χ0) is 9.56. The molecule has 12 heavy (non-hydrogen) atoms. The fourth-order valence-corrected chi connectivity index (χ4v) is 1.94. The molecule has 0 aromatic heterocycles. The second kappa shape index (κ2) is 6.28. The first-order valence-electron chi connectivity index (χ1n) is 5.28. The highest BCUT2D eigenvalue weighted by atomic mass is 14.2. The predicted octanol–water partition coefficient (Wildman–Crippen LogP) is 4.27. The van der Waals surface area contributed by atoms with Crippen molar-refractivity contribution in [3.05, 3.63) is 12.7 Å². The van der Waals surface area contributed by atoms with Crippen LogP contribution in [0.2, 0.25) is 0 Å². The molecule has 0 heterocycles. The van der Waals surface area contributed by atoms with Crippen LogP contribution in [0.4, 0.5) is 0 Å². The lowest BCUT2D eigenvalue weighted by atomic mass is 9.82. The lowest BCUT2D eigenvalue weighted by molar-refractivity contribution is 0.310. The maximum Gasteiger partial charge on any atom is -0.0210 e. The molecule has 2 unspecified atom stereocenters. The van der Waals surface area contributed by atoms with Crippen molar-refractivity contribution >= 4 is 0 Å². The number of allylic oxidation sites excluding steroid dienone is 1. The van der Waals surface area contributed by atoms with E-state index in [2.05, 4.69) is 40.3 Å². The average molecular weight is 168 g/mol. The summed E-state index contributed by atoms with van der Waals surface area (Å²) in [5.74, 6) is 2.41. The van der Waals surface area contributed by atoms with Crippen LogP contribution >= 0.6 is 0 Å². The third-order valence-electron chi connectivity index (χ3n) is 2.68. The van der Waals surface area contributed by atoms with Gasteiger partial charge in [0.1, 0.15) is 0 Å². The molecule has 0 saturated heterocycles. The second-order valence-electron chi connectivity index (χ2n) is 4.11. The Kier molecular flexibility index (Phi) is 6.14. The van der Waals surface area contributed by atoms with Crippen LogP contribution < -0.4 is 0 Å². The Morgan fingerprint density at radius 2 is 1.75 bits per heavy atom. The molecule has 0 N–H and O–H groups in total. The molecule has 72 valence electrons. The molecule has 0 saturated carbocycles. The Labute approximate surface area is 78.1 Å².